The Morgan fingerprint density at radius 2 is 1.93 bits per heavy atom. The van der Waals surface area contributed by atoms with E-state index in [4.69, 9.17) is 15.2 Å². The Bertz CT molecular complexity index is 183. The molecule has 0 amide bonds. The number of hydrogen-bond acceptors (Lipinski definition) is 4. The molecule has 0 heterocycles. The van der Waals surface area contributed by atoms with Gasteiger partial charge in [-0.3, -0.25) is 4.79 Å². The van der Waals surface area contributed by atoms with E-state index in [1.165, 1.54) is 0 Å². The minimum atomic E-state index is -0.570. The van der Waals surface area contributed by atoms with E-state index >= 15 is 0 Å². The third-order valence-electron chi connectivity index (χ3n) is 2.06. The zero-order valence-electron chi connectivity index (χ0n) is 10.2. The first-order valence-electron chi connectivity index (χ1n) is 5.42. The van der Waals surface area contributed by atoms with Gasteiger partial charge in [0.1, 0.15) is 6.04 Å². The summed E-state index contributed by atoms with van der Waals surface area (Å²) in [5, 5.41) is 0. The smallest absolute Gasteiger partial charge is 0.323 e. The van der Waals surface area contributed by atoms with Crippen molar-refractivity contribution in [1.29, 1.82) is 0 Å². The lowest BCUT2D eigenvalue weighted by Crippen LogP contribution is -2.35. The zero-order chi connectivity index (χ0) is 11.8. The Morgan fingerprint density at radius 1 is 1.33 bits per heavy atom. The van der Waals surface area contributed by atoms with Crippen molar-refractivity contribution >= 4 is 5.97 Å². The van der Waals surface area contributed by atoms with E-state index < -0.39 is 6.04 Å². The van der Waals surface area contributed by atoms with Crippen molar-refractivity contribution < 1.29 is 14.3 Å². The van der Waals surface area contributed by atoms with Crippen LogP contribution in [0.2, 0.25) is 0 Å². The maximum Gasteiger partial charge on any atom is 0.323 e. The molecule has 2 unspecified atom stereocenters. The summed E-state index contributed by atoms with van der Waals surface area (Å²) in [7, 11) is 1.58. The highest BCUT2D eigenvalue weighted by molar-refractivity contribution is 5.75. The van der Waals surface area contributed by atoms with Crippen LogP contribution in [0.5, 0.6) is 0 Å². The number of carbonyl (C=O) groups excluding carboxylic acids is 1. The first kappa shape index (κ1) is 14.4. The fourth-order valence-electron chi connectivity index (χ4n) is 1.36. The number of esters is 1. The molecule has 0 fully saturated rings. The van der Waals surface area contributed by atoms with E-state index in [0.29, 0.717) is 18.9 Å². The molecule has 15 heavy (non-hydrogen) atoms. The Hall–Kier alpha value is -0.610. The van der Waals surface area contributed by atoms with Crippen LogP contribution in [0.15, 0.2) is 0 Å². The molecule has 0 rings (SSSR count). The number of carbonyl (C=O) groups is 1. The highest BCUT2D eigenvalue weighted by Crippen LogP contribution is 2.08. The van der Waals surface area contributed by atoms with Crippen LogP contribution >= 0.6 is 0 Å². The number of rotatable bonds is 7. The van der Waals surface area contributed by atoms with Crippen LogP contribution in [0.25, 0.3) is 0 Å². The van der Waals surface area contributed by atoms with Gasteiger partial charge in [0.05, 0.1) is 6.10 Å². The summed E-state index contributed by atoms with van der Waals surface area (Å²) >= 11 is 0. The van der Waals surface area contributed by atoms with Crippen molar-refractivity contribution in [3.8, 4) is 0 Å². The van der Waals surface area contributed by atoms with E-state index in [9.17, 15) is 4.79 Å². The topological polar surface area (TPSA) is 61.5 Å². The Balaban J connectivity index is 3.80. The number of hydrogen-bond donors (Lipinski definition) is 1. The molecule has 0 aliphatic carbocycles. The Kier molecular flexibility index (Phi) is 7.34. The summed E-state index contributed by atoms with van der Waals surface area (Å²) < 4.78 is 10.0. The molecule has 0 saturated carbocycles. The van der Waals surface area contributed by atoms with Gasteiger partial charge in [-0.05, 0) is 25.7 Å². The number of methoxy groups -OCH3 is 1. The second-order valence-corrected chi connectivity index (χ2v) is 4.27. The van der Waals surface area contributed by atoms with Crippen molar-refractivity contribution in [3.05, 3.63) is 0 Å². The molecule has 0 saturated heterocycles. The molecule has 2 atom stereocenters. The lowest BCUT2D eigenvalue weighted by atomic mass is 10.1. The zero-order valence-corrected chi connectivity index (χ0v) is 10.2. The summed E-state index contributed by atoms with van der Waals surface area (Å²) in [6.07, 6.45) is 1.30. The fourth-order valence-corrected chi connectivity index (χ4v) is 1.36. The van der Waals surface area contributed by atoms with Gasteiger partial charge in [-0.1, -0.05) is 13.8 Å². The Morgan fingerprint density at radius 3 is 2.40 bits per heavy atom. The summed E-state index contributed by atoms with van der Waals surface area (Å²) in [4.78, 5) is 11.4. The summed E-state index contributed by atoms with van der Waals surface area (Å²) in [6.45, 7) is 6.56. The lowest BCUT2D eigenvalue weighted by Gasteiger charge is -2.17. The van der Waals surface area contributed by atoms with E-state index in [0.717, 1.165) is 6.42 Å². The van der Waals surface area contributed by atoms with Gasteiger partial charge in [-0.2, -0.15) is 0 Å². The van der Waals surface area contributed by atoms with Gasteiger partial charge >= 0.3 is 5.97 Å². The maximum absolute atomic E-state index is 11.4. The third kappa shape index (κ3) is 7.33. The minimum Gasteiger partial charge on any atom is -0.462 e. The SMILES string of the molecule is COCCC(N)C(=O)OC(C)CC(C)C. The fraction of sp³-hybridized carbons (Fsp3) is 0.909. The predicted octanol–water partition coefficient (Wildman–Crippen LogP) is 1.33. The summed E-state index contributed by atoms with van der Waals surface area (Å²) in [5.74, 6) is 0.184. The van der Waals surface area contributed by atoms with Crippen LogP contribution in [0.4, 0.5) is 0 Å². The van der Waals surface area contributed by atoms with Gasteiger partial charge in [0, 0.05) is 13.7 Å². The summed E-state index contributed by atoms with van der Waals surface area (Å²) in [5.41, 5.74) is 5.63. The Labute approximate surface area is 92.1 Å². The average Bonchev–Trinajstić information content (AvgIpc) is 2.12. The minimum absolute atomic E-state index is 0.0638. The molecule has 0 aromatic heterocycles. The van der Waals surface area contributed by atoms with Crippen molar-refractivity contribution in [2.45, 2.75) is 45.8 Å². The van der Waals surface area contributed by atoms with Crippen LogP contribution in [0.3, 0.4) is 0 Å². The lowest BCUT2D eigenvalue weighted by molar-refractivity contribution is -0.150. The molecular formula is C11H23NO3. The van der Waals surface area contributed by atoms with E-state index in [-0.39, 0.29) is 12.1 Å². The molecule has 0 aromatic carbocycles. The van der Waals surface area contributed by atoms with E-state index in [1.54, 1.807) is 7.11 Å². The monoisotopic (exact) mass is 217 g/mol. The number of nitrogens with two attached hydrogens (primary N) is 1. The van der Waals surface area contributed by atoms with Gasteiger partial charge in [-0.25, -0.2) is 0 Å². The van der Waals surface area contributed by atoms with Gasteiger partial charge in [0.2, 0.25) is 0 Å². The van der Waals surface area contributed by atoms with Gasteiger partial charge in [0.25, 0.3) is 0 Å². The molecule has 0 spiro atoms. The van der Waals surface area contributed by atoms with Crippen LogP contribution < -0.4 is 5.73 Å². The molecule has 90 valence electrons. The first-order chi connectivity index (χ1) is 6.97. The van der Waals surface area contributed by atoms with Crippen LogP contribution in [-0.4, -0.2) is 31.8 Å². The molecule has 0 aliphatic rings. The normalized spacial score (nSPS) is 15.1. The van der Waals surface area contributed by atoms with Gasteiger partial charge < -0.3 is 15.2 Å². The highest BCUT2D eigenvalue weighted by Gasteiger charge is 2.17. The standard InChI is InChI=1S/C11H23NO3/c1-8(2)7-9(3)15-11(13)10(12)5-6-14-4/h8-10H,5-7,12H2,1-4H3. The molecule has 2 N–H and O–H groups in total. The van der Waals surface area contributed by atoms with Crippen molar-refractivity contribution in [1.82, 2.24) is 0 Å². The predicted molar refractivity (Wildman–Crippen MR) is 59.5 cm³/mol. The summed E-state index contributed by atoms with van der Waals surface area (Å²) in [6, 6.07) is -0.570. The third-order valence-corrected chi connectivity index (χ3v) is 2.06. The van der Waals surface area contributed by atoms with Gasteiger partial charge in [-0.15, -0.1) is 0 Å². The second kappa shape index (κ2) is 7.65. The highest BCUT2D eigenvalue weighted by atomic mass is 16.5. The van der Waals surface area contributed by atoms with Crippen molar-refractivity contribution in [2.24, 2.45) is 11.7 Å². The molecule has 4 heteroatoms. The molecule has 0 aromatic rings. The number of ether oxygens (including phenoxy) is 2. The van der Waals surface area contributed by atoms with Crippen molar-refractivity contribution in [2.75, 3.05) is 13.7 Å². The first-order valence-corrected chi connectivity index (χ1v) is 5.42. The van der Waals surface area contributed by atoms with Crippen LogP contribution in [0, 0.1) is 5.92 Å². The molecule has 0 aliphatic heterocycles. The second-order valence-electron chi connectivity index (χ2n) is 4.27. The average molecular weight is 217 g/mol. The quantitative estimate of drug-likeness (QED) is 0.653. The maximum atomic E-state index is 11.4. The molecule has 0 radical (unpaired) electrons. The van der Waals surface area contributed by atoms with E-state index in [2.05, 4.69) is 13.8 Å². The van der Waals surface area contributed by atoms with E-state index in [1.807, 2.05) is 6.92 Å². The van der Waals surface area contributed by atoms with Crippen LogP contribution in [-0.2, 0) is 14.3 Å². The largest absolute Gasteiger partial charge is 0.462 e. The molecular weight excluding hydrogens is 194 g/mol. The molecule has 0 bridgehead atoms. The van der Waals surface area contributed by atoms with Crippen molar-refractivity contribution in [3.63, 3.8) is 0 Å². The van der Waals surface area contributed by atoms with Crippen LogP contribution in [0.1, 0.15) is 33.6 Å². The molecule has 4 nitrogen and oxygen atoms in total. The van der Waals surface area contributed by atoms with Gasteiger partial charge in [0.15, 0.2) is 0 Å².